The van der Waals surface area contributed by atoms with Crippen LogP contribution < -0.4 is 38.5 Å². The van der Waals surface area contributed by atoms with E-state index in [1.807, 2.05) is 13.8 Å². The van der Waals surface area contributed by atoms with E-state index in [1.54, 1.807) is 13.8 Å². The average Bonchev–Trinajstić information content (AvgIpc) is 3.03. The van der Waals surface area contributed by atoms with E-state index in [4.69, 9.17) is 36.1 Å². The summed E-state index contributed by atoms with van der Waals surface area (Å²) < 4.78 is 21.4. The van der Waals surface area contributed by atoms with Gasteiger partial charge in [-0.2, -0.15) is 0 Å². The smallest absolute Gasteiger partial charge is 0.312 e. The predicted molar refractivity (Wildman–Crippen MR) is 179 cm³/mol. The second kappa shape index (κ2) is 31.7. The largest absolute Gasteiger partial charge is 0.379 e. The lowest BCUT2D eigenvalue weighted by Crippen LogP contribution is -2.57. The van der Waals surface area contributed by atoms with E-state index < -0.39 is 36.0 Å². The molecule has 0 aliphatic heterocycles. The monoisotopic (exact) mass is 677 g/mol. The summed E-state index contributed by atoms with van der Waals surface area (Å²) in [6.45, 7) is 13.1. The molecular weight excluding hydrogens is 614 g/mol. The summed E-state index contributed by atoms with van der Waals surface area (Å²) in [7, 11) is 0. The van der Waals surface area contributed by atoms with Crippen LogP contribution in [0, 0.1) is 5.92 Å². The van der Waals surface area contributed by atoms with Crippen molar-refractivity contribution in [3.63, 3.8) is 0 Å². The van der Waals surface area contributed by atoms with Crippen molar-refractivity contribution in [2.45, 2.75) is 91.3 Å². The molecule has 47 heavy (non-hydrogen) atoms. The number of primary amides is 1. The van der Waals surface area contributed by atoms with Crippen LogP contribution in [0.3, 0.4) is 0 Å². The Kier molecular flexibility index (Phi) is 31.2. The zero-order chi connectivity index (χ0) is 35.9. The Bertz CT molecular complexity index is 850. The summed E-state index contributed by atoms with van der Waals surface area (Å²) in [4.78, 5) is 62.0. The number of nitrogens with two attached hydrogens (primary N) is 3. The van der Waals surface area contributed by atoms with Gasteiger partial charge in [0.1, 0.15) is 12.1 Å². The number of unbranched alkanes of at least 4 members (excludes halogenated alkanes) is 1. The molecule has 16 heteroatoms. The fraction of sp³-hybridized carbons (Fsp3) is 0.839. The molecule has 0 saturated carbocycles. The van der Waals surface area contributed by atoms with Gasteiger partial charge in [-0.25, -0.2) is 4.79 Å². The number of hydrogen-bond acceptors (Lipinski definition) is 11. The average molecular weight is 678 g/mol. The second-order valence-corrected chi connectivity index (χ2v) is 10.7. The molecule has 5 amide bonds. The lowest BCUT2D eigenvalue weighted by molar-refractivity contribution is -0.134. The van der Waals surface area contributed by atoms with Crippen LogP contribution >= 0.6 is 0 Å². The molecule has 0 fully saturated rings. The SMILES string of the molecule is CC.CC(=O)C(CCCNC(N)=O)NC(=O)C(NC(=O)C(CCCCN)NC(=O)CCOCCOCCOCCOCCN)C(C)C. The Balaban J connectivity index is 0. The molecule has 0 aliphatic carbocycles. The van der Waals surface area contributed by atoms with Crippen molar-refractivity contribution in [2.24, 2.45) is 23.1 Å². The number of nitrogens with one attached hydrogen (secondary N) is 4. The number of hydrogen-bond donors (Lipinski definition) is 7. The molecule has 3 atom stereocenters. The van der Waals surface area contributed by atoms with Gasteiger partial charge in [-0.1, -0.05) is 27.7 Å². The molecule has 0 heterocycles. The Morgan fingerprint density at radius 2 is 1.17 bits per heavy atom. The molecular formula is C31H63N7O9. The van der Waals surface area contributed by atoms with Crippen LogP contribution in [-0.4, -0.2) is 120 Å². The molecule has 3 unspecified atom stereocenters. The molecule has 0 aromatic rings. The summed E-state index contributed by atoms with van der Waals surface area (Å²) in [6, 6.07) is -3.30. The van der Waals surface area contributed by atoms with E-state index in [9.17, 15) is 24.0 Å². The van der Waals surface area contributed by atoms with E-state index in [-0.39, 0.29) is 43.6 Å². The third kappa shape index (κ3) is 26.8. The Morgan fingerprint density at radius 1 is 0.638 bits per heavy atom. The Labute approximate surface area is 280 Å². The first-order valence-electron chi connectivity index (χ1n) is 16.7. The highest BCUT2D eigenvalue weighted by Gasteiger charge is 2.30. The van der Waals surface area contributed by atoms with Crippen molar-refractivity contribution in [3.05, 3.63) is 0 Å². The number of rotatable bonds is 29. The molecule has 0 saturated heterocycles. The molecule has 0 spiro atoms. The fourth-order valence-electron chi connectivity index (χ4n) is 3.98. The van der Waals surface area contributed by atoms with Crippen molar-refractivity contribution in [1.82, 2.24) is 21.3 Å². The van der Waals surface area contributed by atoms with Crippen LogP contribution in [0.25, 0.3) is 0 Å². The summed E-state index contributed by atoms with van der Waals surface area (Å²) in [6.07, 6.45) is 2.32. The minimum absolute atomic E-state index is 0.0333. The Hall–Kier alpha value is -2.89. The van der Waals surface area contributed by atoms with Gasteiger partial charge in [0.15, 0.2) is 5.78 Å². The lowest BCUT2D eigenvalue weighted by atomic mass is 10.00. The van der Waals surface area contributed by atoms with E-state index in [1.165, 1.54) is 6.92 Å². The van der Waals surface area contributed by atoms with Crippen molar-refractivity contribution >= 4 is 29.5 Å². The van der Waals surface area contributed by atoms with Gasteiger partial charge in [0.05, 0.1) is 58.9 Å². The highest BCUT2D eigenvalue weighted by molar-refractivity contribution is 5.94. The zero-order valence-electron chi connectivity index (χ0n) is 29.2. The van der Waals surface area contributed by atoms with E-state index in [0.717, 1.165) is 0 Å². The van der Waals surface area contributed by atoms with Gasteiger partial charge < -0.3 is 57.4 Å². The molecule has 0 radical (unpaired) electrons. The van der Waals surface area contributed by atoms with Crippen molar-refractivity contribution in [3.8, 4) is 0 Å². The predicted octanol–water partition coefficient (Wildman–Crippen LogP) is -0.295. The van der Waals surface area contributed by atoms with Crippen molar-refractivity contribution in [2.75, 3.05) is 72.5 Å². The number of Topliss-reactive ketones (excluding diaryl/α,β-unsaturated/α-hetero) is 1. The van der Waals surface area contributed by atoms with Gasteiger partial charge in [0, 0.05) is 19.5 Å². The summed E-state index contributed by atoms with van der Waals surface area (Å²) >= 11 is 0. The van der Waals surface area contributed by atoms with E-state index in [2.05, 4.69) is 21.3 Å². The number of ether oxygens (including phenoxy) is 4. The standard InChI is InChI=1S/C29H57N7O9.C2H6/c1-21(2)26(28(40)35-23(22(3)37)8-6-12-33-29(32)41)36-27(39)24(7-4-5-10-30)34-25(38)9-13-42-15-17-44-19-20-45-18-16-43-14-11-31;1-2/h21,23-24,26H,4-20,30-31H2,1-3H3,(H,34,38)(H,35,40)(H,36,39)(H3,32,33,41);1-2H3. The minimum atomic E-state index is -0.949. The van der Waals surface area contributed by atoms with Gasteiger partial charge >= 0.3 is 6.03 Å². The molecule has 0 aromatic carbocycles. The van der Waals surface area contributed by atoms with Gasteiger partial charge in [-0.05, 0) is 51.5 Å². The van der Waals surface area contributed by atoms with Crippen molar-refractivity contribution in [1.29, 1.82) is 0 Å². The molecule has 0 bridgehead atoms. The summed E-state index contributed by atoms with van der Waals surface area (Å²) in [5.41, 5.74) is 16.0. The number of ketones is 1. The number of carbonyl (C=O) groups is 5. The van der Waals surface area contributed by atoms with Crippen LogP contribution in [0.1, 0.15) is 73.1 Å². The maximum atomic E-state index is 13.2. The fourth-order valence-corrected chi connectivity index (χ4v) is 3.98. The molecule has 0 aliphatic rings. The highest BCUT2D eigenvalue weighted by atomic mass is 16.6. The van der Waals surface area contributed by atoms with Crippen LogP contribution in [0.5, 0.6) is 0 Å². The second-order valence-electron chi connectivity index (χ2n) is 10.7. The first-order valence-corrected chi connectivity index (χ1v) is 16.7. The van der Waals surface area contributed by atoms with E-state index in [0.29, 0.717) is 85.0 Å². The number of amides is 5. The van der Waals surface area contributed by atoms with E-state index >= 15 is 0 Å². The van der Waals surface area contributed by atoms with Crippen LogP contribution in [0.2, 0.25) is 0 Å². The van der Waals surface area contributed by atoms with Crippen LogP contribution in [0.15, 0.2) is 0 Å². The minimum Gasteiger partial charge on any atom is -0.379 e. The molecule has 0 rings (SSSR count). The van der Waals surface area contributed by atoms with Crippen LogP contribution in [0.4, 0.5) is 4.79 Å². The van der Waals surface area contributed by atoms with Gasteiger partial charge in [-0.15, -0.1) is 0 Å². The van der Waals surface area contributed by atoms with Gasteiger partial charge in [0.2, 0.25) is 17.7 Å². The first kappa shape index (κ1) is 46.2. The molecule has 10 N–H and O–H groups in total. The van der Waals surface area contributed by atoms with Crippen LogP contribution in [-0.2, 0) is 38.1 Å². The maximum Gasteiger partial charge on any atom is 0.312 e. The third-order valence-corrected chi connectivity index (χ3v) is 6.47. The molecule has 276 valence electrons. The summed E-state index contributed by atoms with van der Waals surface area (Å²) in [5.74, 6) is -1.98. The van der Waals surface area contributed by atoms with Crippen molar-refractivity contribution < 1.29 is 42.9 Å². The molecule has 16 nitrogen and oxygen atoms in total. The first-order chi connectivity index (χ1) is 22.5. The number of carbonyl (C=O) groups excluding carboxylic acids is 5. The maximum absolute atomic E-state index is 13.2. The Morgan fingerprint density at radius 3 is 1.66 bits per heavy atom. The third-order valence-electron chi connectivity index (χ3n) is 6.47. The van der Waals surface area contributed by atoms with Gasteiger partial charge in [0.25, 0.3) is 0 Å². The molecule has 0 aromatic heterocycles. The quantitative estimate of drug-likeness (QED) is 0.0507. The topological polar surface area (TPSA) is 248 Å². The van der Waals surface area contributed by atoms with Gasteiger partial charge in [-0.3, -0.25) is 19.2 Å². The zero-order valence-corrected chi connectivity index (χ0v) is 29.2. The highest BCUT2D eigenvalue weighted by Crippen LogP contribution is 2.08. The number of urea groups is 1. The summed E-state index contributed by atoms with van der Waals surface area (Å²) in [5, 5.41) is 10.6. The lowest BCUT2D eigenvalue weighted by Gasteiger charge is -2.27. The normalized spacial score (nSPS) is 12.7.